The summed E-state index contributed by atoms with van der Waals surface area (Å²) in [6.45, 7) is 2.15. The fourth-order valence-electron chi connectivity index (χ4n) is 3.09. The van der Waals surface area contributed by atoms with Crippen LogP contribution in [0.1, 0.15) is 5.56 Å². The lowest BCUT2D eigenvalue weighted by Gasteiger charge is -2.07. The minimum atomic E-state index is 0.942. The van der Waals surface area contributed by atoms with Crippen LogP contribution in [0.3, 0.4) is 0 Å². The van der Waals surface area contributed by atoms with Crippen molar-refractivity contribution < 1.29 is 4.57 Å². The van der Waals surface area contributed by atoms with Crippen molar-refractivity contribution >= 4 is 10.8 Å². The summed E-state index contributed by atoms with van der Waals surface area (Å²) in [6, 6.07) is 19.1. The van der Waals surface area contributed by atoms with Crippen molar-refractivity contribution in [3.8, 4) is 22.5 Å². The van der Waals surface area contributed by atoms with Crippen LogP contribution in [-0.4, -0.2) is 9.97 Å². The fourth-order valence-corrected chi connectivity index (χ4v) is 3.09. The van der Waals surface area contributed by atoms with Crippen molar-refractivity contribution in [2.24, 2.45) is 7.05 Å². The molecule has 0 atom stereocenters. The lowest BCUT2D eigenvalue weighted by atomic mass is 10.0. The molecule has 0 radical (unpaired) electrons. The SMILES string of the molecule is Cc1ccccc1-c1cc2cc(-c3ccncn3)ccc2c[n+]1C. The highest BCUT2D eigenvalue weighted by Gasteiger charge is 2.14. The summed E-state index contributed by atoms with van der Waals surface area (Å²) >= 11 is 0. The number of pyridine rings is 1. The summed E-state index contributed by atoms with van der Waals surface area (Å²) in [4.78, 5) is 8.35. The summed E-state index contributed by atoms with van der Waals surface area (Å²) in [5.74, 6) is 0. The van der Waals surface area contributed by atoms with E-state index in [2.05, 4.69) is 83.2 Å². The van der Waals surface area contributed by atoms with E-state index in [1.54, 1.807) is 12.5 Å². The van der Waals surface area contributed by atoms with Crippen LogP contribution in [0.5, 0.6) is 0 Å². The normalized spacial score (nSPS) is 10.9. The summed E-state index contributed by atoms with van der Waals surface area (Å²) < 4.78 is 2.19. The zero-order valence-electron chi connectivity index (χ0n) is 13.8. The Labute approximate surface area is 141 Å². The second kappa shape index (κ2) is 5.85. The molecule has 3 nitrogen and oxygen atoms in total. The summed E-state index contributed by atoms with van der Waals surface area (Å²) in [7, 11) is 2.10. The Morgan fingerprint density at radius 2 is 1.79 bits per heavy atom. The van der Waals surface area contributed by atoms with Crippen LogP contribution < -0.4 is 4.57 Å². The fraction of sp³-hybridized carbons (Fsp3) is 0.0952. The van der Waals surface area contributed by atoms with Crippen LogP contribution in [0.4, 0.5) is 0 Å². The van der Waals surface area contributed by atoms with Gasteiger partial charge in [0.2, 0.25) is 5.69 Å². The highest BCUT2D eigenvalue weighted by Crippen LogP contribution is 2.26. The molecule has 0 N–H and O–H groups in total. The smallest absolute Gasteiger partial charge is 0.213 e. The first-order chi connectivity index (χ1) is 11.7. The third-order valence-electron chi connectivity index (χ3n) is 4.39. The Kier molecular flexibility index (Phi) is 3.54. The third-order valence-corrected chi connectivity index (χ3v) is 4.39. The molecule has 0 unspecified atom stereocenters. The molecule has 4 aromatic rings. The number of hydrogen-bond acceptors (Lipinski definition) is 2. The van der Waals surface area contributed by atoms with E-state index in [0.717, 1.165) is 11.3 Å². The Bertz CT molecular complexity index is 1020. The zero-order chi connectivity index (χ0) is 16.5. The number of benzene rings is 2. The average Bonchev–Trinajstić information content (AvgIpc) is 2.62. The molecule has 24 heavy (non-hydrogen) atoms. The van der Waals surface area contributed by atoms with E-state index in [9.17, 15) is 0 Å². The molecule has 0 aliphatic carbocycles. The van der Waals surface area contributed by atoms with Crippen molar-refractivity contribution in [2.75, 3.05) is 0 Å². The molecular formula is C21H18N3+. The van der Waals surface area contributed by atoms with Gasteiger partial charge in [0.1, 0.15) is 13.4 Å². The number of nitrogens with zero attached hydrogens (tertiary/aromatic N) is 3. The number of hydrogen-bond donors (Lipinski definition) is 0. The van der Waals surface area contributed by atoms with Gasteiger partial charge in [0.15, 0.2) is 6.20 Å². The maximum absolute atomic E-state index is 4.35. The van der Waals surface area contributed by atoms with Crippen LogP contribution in [-0.2, 0) is 7.05 Å². The molecule has 4 rings (SSSR count). The molecule has 116 valence electrons. The van der Waals surface area contributed by atoms with Crippen LogP contribution in [0.25, 0.3) is 33.3 Å². The van der Waals surface area contributed by atoms with Crippen molar-refractivity contribution in [1.82, 2.24) is 9.97 Å². The van der Waals surface area contributed by atoms with Crippen LogP contribution >= 0.6 is 0 Å². The minimum Gasteiger partial charge on any atom is -0.245 e. The van der Waals surface area contributed by atoms with Gasteiger partial charge in [0.25, 0.3) is 0 Å². The van der Waals surface area contributed by atoms with Gasteiger partial charge in [-0.05, 0) is 42.1 Å². The van der Waals surface area contributed by atoms with E-state index < -0.39 is 0 Å². The Morgan fingerprint density at radius 3 is 2.58 bits per heavy atom. The number of aryl methyl sites for hydroxylation is 2. The average molecular weight is 312 g/mol. The Hall–Kier alpha value is -3.07. The number of aromatic nitrogens is 3. The van der Waals surface area contributed by atoms with Gasteiger partial charge in [-0.1, -0.05) is 24.3 Å². The molecule has 0 saturated carbocycles. The maximum Gasteiger partial charge on any atom is 0.213 e. The lowest BCUT2D eigenvalue weighted by Crippen LogP contribution is -2.30. The Morgan fingerprint density at radius 1 is 0.917 bits per heavy atom. The molecule has 0 aliphatic rings. The predicted molar refractivity (Wildman–Crippen MR) is 96.3 cm³/mol. The van der Waals surface area contributed by atoms with E-state index in [-0.39, 0.29) is 0 Å². The van der Waals surface area contributed by atoms with Gasteiger partial charge in [0, 0.05) is 28.8 Å². The zero-order valence-corrected chi connectivity index (χ0v) is 13.8. The highest BCUT2D eigenvalue weighted by molar-refractivity contribution is 5.88. The van der Waals surface area contributed by atoms with E-state index >= 15 is 0 Å². The third kappa shape index (κ3) is 2.54. The molecule has 0 saturated heterocycles. The predicted octanol–water partition coefficient (Wildman–Crippen LogP) is 4.10. The Balaban J connectivity index is 1.91. The number of fused-ring (bicyclic) bond motifs is 1. The van der Waals surface area contributed by atoms with E-state index in [1.165, 1.54) is 27.6 Å². The van der Waals surface area contributed by atoms with E-state index in [4.69, 9.17) is 0 Å². The van der Waals surface area contributed by atoms with Crippen molar-refractivity contribution in [3.05, 3.63) is 78.9 Å². The molecule has 0 spiro atoms. The van der Waals surface area contributed by atoms with Gasteiger partial charge in [-0.25, -0.2) is 14.5 Å². The molecule has 2 heterocycles. The van der Waals surface area contributed by atoms with E-state index in [0.29, 0.717) is 0 Å². The largest absolute Gasteiger partial charge is 0.245 e. The second-order valence-corrected chi connectivity index (χ2v) is 6.02. The summed E-state index contributed by atoms with van der Waals surface area (Å²) in [6.07, 6.45) is 5.54. The molecule has 2 aromatic heterocycles. The molecule has 0 amide bonds. The van der Waals surface area contributed by atoms with Crippen molar-refractivity contribution in [2.45, 2.75) is 6.92 Å². The molecular weight excluding hydrogens is 294 g/mol. The van der Waals surface area contributed by atoms with Crippen molar-refractivity contribution in [3.63, 3.8) is 0 Å². The molecule has 2 aromatic carbocycles. The molecule has 0 bridgehead atoms. The van der Waals surface area contributed by atoms with Gasteiger partial charge in [-0.3, -0.25) is 0 Å². The van der Waals surface area contributed by atoms with Gasteiger partial charge in [0.05, 0.1) is 5.69 Å². The van der Waals surface area contributed by atoms with E-state index in [1.807, 2.05) is 6.07 Å². The first-order valence-electron chi connectivity index (χ1n) is 7.98. The molecule has 3 heteroatoms. The first-order valence-corrected chi connectivity index (χ1v) is 7.98. The highest BCUT2D eigenvalue weighted by atomic mass is 14.9. The van der Waals surface area contributed by atoms with Gasteiger partial charge >= 0.3 is 0 Å². The molecule has 0 fully saturated rings. The topological polar surface area (TPSA) is 29.7 Å². The van der Waals surface area contributed by atoms with Gasteiger partial charge in [-0.15, -0.1) is 0 Å². The first kappa shape index (κ1) is 14.5. The van der Waals surface area contributed by atoms with Gasteiger partial charge in [-0.2, -0.15) is 0 Å². The summed E-state index contributed by atoms with van der Waals surface area (Å²) in [5.41, 5.74) is 5.79. The number of rotatable bonds is 2. The molecule has 0 aliphatic heterocycles. The minimum absolute atomic E-state index is 0.942. The maximum atomic E-state index is 4.35. The van der Waals surface area contributed by atoms with Crippen molar-refractivity contribution in [1.29, 1.82) is 0 Å². The quantitative estimate of drug-likeness (QED) is 0.522. The standard InChI is InChI=1S/C21H18N3/c1-15-5-3-4-6-19(15)21-12-18-11-16(20-9-10-22-14-23-20)7-8-17(18)13-24(21)2/h3-14H,1-2H3/q+1. The van der Waals surface area contributed by atoms with Crippen LogP contribution in [0, 0.1) is 6.92 Å². The van der Waals surface area contributed by atoms with Crippen LogP contribution in [0.2, 0.25) is 0 Å². The summed E-state index contributed by atoms with van der Waals surface area (Å²) in [5, 5.41) is 2.43. The monoisotopic (exact) mass is 312 g/mol. The van der Waals surface area contributed by atoms with Crippen LogP contribution in [0.15, 0.2) is 73.3 Å². The van der Waals surface area contributed by atoms with Gasteiger partial charge < -0.3 is 0 Å². The lowest BCUT2D eigenvalue weighted by molar-refractivity contribution is -0.659. The second-order valence-electron chi connectivity index (χ2n) is 6.02.